The average molecular weight is 1560 g/mol. The molecular formula is C95H134O18. The van der Waals surface area contributed by atoms with Gasteiger partial charge in [0, 0.05) is 13.2 Å². The summed E-state index contributed by atoms with van der Waals surface area (Å²) in [4.78, 5) is 86.1. The van der Waals surface area contributed by atoms with Crippen LogP contribution in [0.25, 0.3) is 0 Å². The molecule has 5 aromatic rings. The molecule has 5 aromatic carbocycles. The summed E-state index contributed by atoms with van der Waals surface area (Å²) in [6.45, 7) is 7.89. The highest BCUT2D eigenvalue weighted by atomic mass is 16.6. The van der Waals surface area contributed by atoms with Gasteiger partial charge < -0.3 is 62.1 Å². The van der Waals surface area contributed by atoms with Crippen molar-refractivity contribution >= 4 is 42.4 Å². The van der Waals surface area contributed by atoms with Crippen molar-refractivity contribution in [3.8, 4) is 34.5 Å². The number of carbonyl (C=O) groups excluding carboxylic acids is 6. The molecule has 2 unspecified atom stereocenters. The van der Waals surface area contributed by atoms with E-state index in [0.29, 0.717) is 123 Å². The third kappa shape index (κ3) is 38.7. The normalized spacial score (nSPS) is 15.9. The zero-order valence-electron chi connectivity index (χ0n) is 68.3. The SMILES string of the molecule is CCCCCC1CCC(c2ccc(OC(=O)c3ccc(OCCCCCCCCOC(C=O)CC(=O)OCCCCCCCCOc4ccc(OCCCCCCCCOC(=O)CC(C=O)OCCCCCCCCOc5ccc(C(=O)Oc6ccc(C7CCC(CCCCC)CC7)cc6)cc5)c(C(=O)O)c4)cc3)cc2)CC1. The Morgan fingerprint density at radius 3 is 1.03 bits per heavy atom. The monoisotopic (exact) mass is 1560 g/mol. The quantitative estimate of drug-likeness (QED) is 0.0165. The third-order valence-corrected chi connectivity index (χ3v) is 22.1. The predicted octanol–water partition coefficient (Wildman–Crippen LogP) is 22.8. The molecule has 2 fully saturated rings. The van der Waals surface area contributed by atoms with E-state index in [9.17, 15) is 38.7 Å². The molecule has 0 heterocycles. The maximum Gasteiger partial charge on any atom is 0.343 e. The van der Waals surface area contributed by atoms with Crippen molar-refractivity contribution in [2.24, 2.45) is 11.8 Å². The second-order valence-corrected chi connectivity index (χ2v) is 31.2. The van der Waals surface area contributed by atoms with Gasteiger partial charge in [0.15, 0.2) is 0 Å². The number of carboxylic acid groups (broad SMARTS) is 1. The topological polar surface area (TPSA) is 232 Å². The van der Waals surface area contributed by atoms with Crippen LogP contribution in [0.15, 0.2) is 115 Å². The summed E-state index contributed by atoms with van der Waals surface area (Å²) in [5.74, 6) is 3.48. The van der Waals surface area contributed by atoms with E-state index in [1.165, 1.54) is 120 Å². The molecule has 113 heavy (non-hydrogen) atoms. The summed E-state index contributed by atoms with van der Waals surface area (Å²) < 4.78 is 57.2. The number of ether oxygens (including phenoxy) is 10. The van der Waals surface area contributed by atoms with Crippen LogP contribution < -0.4 is 28.4 Å². The van der Waals surface area contributed by atoms with Crippen LogP contribution in [0.4, 0.5) is 0 Å². The lowest BCUT2D eigenvalue weighted by Crippen LogP contribution is -2.21. The number of benzene rings is 5. The molecule has 0 radical (unpaired) electrons. The first-order valence-corrected chi connectivity index (χ1v) is 43.6. The van der Waals surface area contributed by atoms with Crippen molar-refractivity contribution in [1.82, 2.24) is 0 Å². The van der Waals surface area contributed by atoms with Gasteiger partial charge in [-0.05, 0) is 229 Å². The smallest absolute Gasteiger partial charge is 0.343 e. The van der Waals surface area contributed by atoms with Crippen molar-refractivity contribution < 1.29 is 86.0 Å². The maximum atomic E-state index is 12.9. The molecule has 2 atom stereocenters. The van der Waals surface area contributed by atoms with Gasteiger partial charge in [0.05, 0.1) is 63.6 Å². The molecule has 18 heteroatoms. The van der Waals surface area contributed by atoms with E-state index >= 15 is 0 Å². The van der Waals surface area contributed by atoms with Crippen LogP contribution >= 0.6 is 0 Å². The molecule has 2 aliphatic rings. The van der Waals surface area contributed by atoms with Crippen LogP contribution in [-0.4, -0.2) is 113 Å². The first kappa shape index (κ1) is 92.1. The Balaban J connectivity index is 0.585. The van der Waals surface area contributed by atoms with Crippen molar-refractivity contribution in [3.05, 3.63) is 143 Å². The fraction of sp³-hybridized carbons (Fsp3) is 0.611. The van der Waals surface area contributed by atoms with Crippen LogP contribution in [0, 0.1) is 11.8 Å². The minimum atomic E-state index is -1.09. The van der Waals surface area contributed by atoms with E-state index in [0.717, 1.165) is 160 Å². The summed E-state index contributed by atoms with van der Waals surface area (Å²) in [6, 6.07) is 35.2. The number of hydrogen-bond donors (Lipinski definition) is 1. The van der Waals surface area contributed by atoms with Gasteiger partial charge in [-0.3, -0.25) is 9.59 Å². The predicted molar refractivity (Wildman–Crippen MR) is 442 cm³/mol. The summed E-state index contributed by atoms with van der Waals surface area (Å²) in [7, 11) is 0. The molecule has 0 aromatic heterocycles. The number of carbonyl (C=O) groups is 7. The van der Waals surface area contributed by atoms with Gasteiger partial charge >= 0.3 is 29.8 Å². The summed E-state index contributed by atoms with van der Waals surface area (Å²) >= 11 is 0. The standard InChI is InChI=1S/C95H134O18/c1-3-5-23-33-74-35-39-76(40-36-74)78-43-55-84(56-44-78)112-94(102)80-47-51-82(52-48-80)104-61-25-15-7-9-18-28-64-107-87(72-96)70-91(98)110-67-31-21-13-11-17-27-63-106-86-59-60-90(89(69-86)93(100)101)109-66-30-20-12-14-22-32-68-111-92(99)71-88(73-97)108-65-29-19-10-8-16-26-62-105-83-53-49-81(50-54-83)95(103)113-85-57-45-79(46-58-85)77-41-37-75(38-42-77)34-24-6-4-2/h43-60,69,72-77,87-88H,3-42,61-68,70-71H2,1-2H3,(H,100,101). The number of carboxylic acids is 1. The number of esters is 4. The van der Waals surface area contributed by atoms with Crippen molar-refractivity contribution in [2.45, 2.75) is 308 Å². The Bertz CT molecular complexity index is 3410. The Morgan fingerprint density at radius 1 is 0.354 bits per heavy atom. The first-order valence-electron chi connectivity index (χ1n) is 43.6. The molecule has 0 bridgehead atoms. The van der Waals surface area contributed by atoms with E-state index in [1.54, 1.807) is 60.7 Å². The van der Waals surface area contributed by atoms with Gasteiger partial charge in [0.25, 0.3) is 0 Å². The van der Waals surface area contributed by atoms with Crippen LogP contribution in [-0.2, 0) is 38.1 Å². The van der Waals surface area contributed by atoms with E-state index in [4.69, 9.17) is 47.4 Å². The molecule has 18 nitrogen and oxygen atoms in total. The first-order chi connectivity index (χ1) is 55.4. The third-order valence-electron chi connectivity index (χ3n) is 22.1. The second kappa shape index (κ2) is 57.0. The van der Waals surface area contributed by atoms with Crippen LogP contribution in [0.5, 0.6) is 34.5 Å². The van der Waals surface area contributed by atoms with Crippen LogP contribution in [0.1, 0.15) is 338 Å². The minimum absolute atomic E-state index is 0.0512. The summed E-state index contributed by atoms with van der Waals surface area (Å²) in [5, 5.41) is 9.91. The summed E-state index contributed by atoms with van der Waals surface area (Å²) in [6.07, 6.45) is 42.3. The fourth-order valence-electron chi connectivity index (χ4n) is 15.1. The molecule has 1 N–H and O–H groups in total. The van der Waals surface area contributed by atoms with Gasteiger partial charge in [-0.15, -0.1) is 0 Å². The lowest BCUT2D eigenvalue weighted by molar-refractivity contribution is -0.149. The molecule has 2 saturated carbocycles. The van der Waals surface area contributed by atoms with Crippen LogP contribution in [0.3, 0.4) is 0 Å². The number of unbranched alkanes of at least 4 members (excludes halogenated alkanes) is 24. The maximum absolute atomic E-state index is 12.9. The fourth-order valence-corrected chi connectivity index (χ4v) is 15.1. The number of rotatable bonds is 63. The number of hydrogen-bond acceptors (Lipinski definition) is 17. The van der Waals surface area contributed by atoms with Crippen molar-refractivity contribution in [1.29, 1.82) is 0 Å². The van der Waals surface area contributed by atoms with Crippen molar-refractivity contribution in [2.75, 3.05) is 52.9 Å². The molecule has 0 spiro atoms. The lowest BCUT2D eigenvalue weighted by atomic mass is 9.77. The zero-order valence-corrected chi connectivity index (χ0v) is 68.3. The molecule has 7 rings (SSSR count). The van der Waals surface area contributed by atoms with Gasteiger partial charge in [-0.1, -0.05) is 192 Å². The van der Waals surface area contributed by atoms with E-state index in [1.807, 2.05) is 24.3 Å². The molecule has 622 valence electrons. The molecule has 0 amide bonds. The molecular weight excluding hydrogens is 1430 g/mol. The van der Waals surface area contributed by atoms with Gasteiger partial charge in [0.1, 0.15) is 64.8 Å². The van der Waals surface area contributed by atoms with E-state index in [2.05, 4.69) is 38.1 Å². The highest BCUT2D eigenvalue weighted by Crippen LogP contribution is 2.40. The molecule has 0 saturated heterocycles. The highest BCUT2D eigenvalue weighted by molar-refractivity contribution is 5.92. The number of aromatic carboxylic acids is 1. The molecule has 2 aliphatic carbocycles. The summed E-state index contributed by atoms with van der Waals surface area (Å²) in [5.41, 5.74) is 3.68. The van der Waals surface area contributed by atoms with E-state index in [-0.39, 0.29) is 37.0 Å². The Kier molecular flexibility index (Phi) is 46.5. The van der Waals surface area contributed by atoms with Gasteiger partial charge in [-0.2, -0.15) is 0 Å². The average Bonchev–Trinajstić information content (AvgIpc) is 0.857. The Hall–Kier alpha value is -8.09. The minimum Gasteiger partial charge on any atom is -0.494 e. The van der Waals surface area contributed by atoms with Gasteiger partial charge in [0.2, 0.25) is 0 Å². The zero-order chi connectivity index (χ0) is 80.0. The van der Waals surface area contributed by atoms with Crippen molar-refractivity contribution in [3.63, 3.8) is 0 Å². The largest absolute Gasteiger partial charge is 0.494 e. The Labute approximate surface area is 674 Å². The van der Waals surface area contributed by atoms with Crippen LogP contribution in [0.2, 0.25) is 0 Å². The number of aldehydes is 2. The molecule has 0 aliphatic heterocycles. The van der Waals surface area contributed by atoms with Gasteiger partial charge in [-0.25, -0.2) is 14.4 Å². The second-order valence-electron chi connectivity index (χ2n) is 31.2. The Morgan fingerprint density at radius 2 is 0.673 bits per heavy atom. The lowest BCUT2D eigenvalue weighted by Gasteiger charge is -2.29. The van der Waals surface area contributed by atoms with E-state index < -0.39 is 30.1 Å². The highest BCUT2D eigenvalue weighted by Gasteiger charge is 2.25.